The zero-order valence-electron chi connectivity index (χ0n) is 17.9. The molecule has 0 N–H and O–H groups in total. The van der Waals surface area contributed by atoms with E-state index in [1.165, 1.54) is 5.56 Å². The third-order valence-electron chi connectivity index (χ3n) is 4.78. The van der Waals surface area contributed by atoms with Crippen LogP contribution in [-0.2, 0) is 10.8 Å². The Bertz CT molecular complexity index is 1070. The first-order chi connectivity index (χ1) is 13.6. The van der Waals surface area contributed by atoms with Crippen molar-refractivity contribution < 1.29 is 4.74 Å². The van der Waals surface area contributed by atoms with Crippen molar-refractivity contribution in [3.8, 4) is 29.1 Å². The highest BCUT2D eigenvalue weighted by molar-refractivity contribution is 5.58. The van der Waals surface area contributed by atoms with Gasteiger partial charge in [0, 0.05) is 12.3 Å². The summed E-state index contributed by atoms with van der Waals surface area (Å²) in [6.07, 6.45) is 1.83. The second-order valence-corrected chi connectivity index (χ2v) is 9.22. The van der Waals surface area contributed by atoms with Crippen LogP contribution in [-0.4, -0.2) is 9.97 Å². The van der Waals surface area contributed by atoms with Gasteiger partial charge in [0.05, 0.1) is 17.0 Å². The number of aromatic nitrogens is 2. The number of hydrogen-bond acceptors (Lipinski definition) is 4. The Hall–Kier alpha value is -3.19. The Labute approximate surface area is 173 Å². The van der Waals surface area contributed by atoms with Gasteiger partial charge in [-0.1, -0.05) is 53.7 Å². The Morgan fingerprint density at radius 1 is 0.828 bits per heavy atom. The number of pyridine rings is 2. The summed E-state index contributed by atoms with van der Waals surface area (Å²) < 4.78 is 6.03. The van der Waals surface area contributed by atoms with E-state index in [1.54, 1.807) is 12.1 Å². The lowest BCUT2D eigenvalue weighted by Crippen LogP contribution is -2.13. The van der Waals surface area contributed by atoms with E-state index in [2.05, 4.69) is 64.7 Å². The SMILES string of the molecule is CC(C)(C)c1ccnc(-c2cc(C(C)(C)C)cc(Oc3ccccc3C#N)n2)c1. The van der Waals surface area contributed by atoms with E-state index in [9.17, 15) is 5.26 Å². The predicted octanol–water partition coefficient (Wildman–Crippen LogP) is 6.40. The molecule has 29 heavy (non-hydrogen) atoms. The van der Waals surface area contributed by atoms with Crippen LogP contribution < -0.4 is 4.74 Å². The second kappa shape index (κ2) is 7.67. The van der Waals surface area contributed by atoms with Gasteiger partial charge < -0.3 is 4.74 Å². The number of hydrogen-bond donors (Lipinski definition) is 0. The zero-order valence-corrected chi connectivity index (χ0v) is 17.9. The molecule has 3 aromatic rings. The van der Waals surface area contributed by atoms with E-state index in [0.29, 0.717) is 17.2 Å². The highest BCUT2D eigenvalue weighted by Gasteiger charge is 2.20. The Kier molecular flexibility index (Phi) is 5.44. The molecule has 4 heteroatoms. The van der Waals surface area contributed by atoms with Crippen LogP contribution in [0.1, 0.15) is 58.2 Å². The third-order valence-corrected chi connectivity index (χ3v) is 4.78. The van der Waals surface area contributed by atoms with Gasteiger partial charge >= 0.3 is 0 Å². The van der Waals surface area contributed by atoms with Crippen LogP contribution in [0.15, 0.2) is 54.7 Å². The maximum Gasteiger partial charge on any atom is 0.220 e. The molecule has 0 saturated carbocycles. The summed E-state index contributed by atoms with van der Waals surface area (Å²) in [4.78, 5) is 9.27. The molecule has 0 aliphatic heterocycles. The van der Waals surface area contributed by atoms with Crippen LogP contribution in [0.25, 0.3) is 11.4 Å². The molecule has 0 spiro atoms. The molecule has 0 aliphatic rings. The summed E-state index contributed by atoms with van der Waals surface area (Å²) in [6, 6.07) is 17.5. The fraction of sp³-hybridized carbons (Fsp3) is 0.320. The van der Waals surface area contributed by atoms with E-state index in [1.807, 2.05) is 30.5 Å². The number of rotatable bonds is 3. The molecule has 3 rings (SSSR count). The summed E-state index contributed by atoms with van der Waals surface area (Å²) in [7, 11) is 0. The van der Waals surface area contributed by atoms with Crippen molar-refractivity contribution in [2.75, 3.05) is 0 Å². The highest BCUT2D eigenvalue weighted by Crippen LogP contribution is 2.33. The van der Waals surface area contributed by atoms with Crippen LogP contribution >= 0.6 is 0 Å². The molecule has 1 aromatic carbocycles. The largest absolute Gasteiger partial charge is 0.438 e. The standard InChI is InChI=1S/C25H27N3O/c1-24(2,3)18-11-12-27-20(13-18)21-14-19(25(4,5)6)15-23(28-21)29-22-10-8-7-9-17(22)16-26/h7-15H,1-6H3. The number of nitrogens with zero attached hydrogens (tertiary/aromatic N) is 3. The van der Waals surface area contributed by atoms with Crippen molar-refractivity contribution in [3.63, 3.8) is 0 Å². The smallest absolute Gasteiger partial charge is 0.220 e. The summed E-state index contributed by atoms with van der Waals surface area (Å²) in [6.45, 7) is 13.0. The van der Waals surface area contributed by atoms with Crippen LogP contribution in [0, 0.1) is 11.3 Å². The average molecular weight is 386 g/mol. The molecular weight excluding hydrogens is 358 g/mol. The Balaban J connectivity index is 2.12. The lowest BCUT2D eigenvalue weighted by Gasteiger charge is -2.22. The highest BCUT2D eigenvalue weighted by atomic mass is 16.5. The fourth-order valence-corrected chi connectivity index (χ4v) is 2.92. The van der Waals surface area contributed by atoms with Crippen molar-refractivity contribution in [2.45, 2.75) is 52.4 Å². The van der Waals surface area contributed by atoms with Gasteiger partial charge in [0.1, 0.15) is 11.8 Å². The normalized spacial score (nSPS) is 11.8. The maximum absolute atomic E-state index is 9.36. The molecular formula is C25H27N3O. The molecule has 0 radical (unpaired) electrons. The lowest BCUT2D eigenvalue weighted by molar-refractivity contribution is 0.458. The van der Waals surface area contributed by atoms with Crippen molar-refractivity contribution in [2.24, 2.45) is 0 Å². The van der Waals surface area contributed by atoms with Gasteiger partial charge in [-0.2, -0.15) is 5.26 Å². The summed E-state index contributed by atoms with van der Waals surface area (Å²) in [5.74, 6) is 0.953. The van der Waals surface area contributed by atoms with Crippen LogP contribution in [0.5, 0.6) is 11.6 Å². The van der Waals surface area contributed by atoms with Gasteiger partial charge in [-0.05, 0) is 52.3 Å². The molecule has 0 saturated heterocycles. The molecule has 0 amide bonds. The first-order valence-electron chi connectivity index (χ1n) is 9.74. The second-order valence-electron chi connectivity index (χ2n) is 9.22. The molecule has 0 bridgehead atoms. The van der Waals surface area contributed by atoms with Gasteiger partial charge in [0.25, 0.3) is 0 Å². The van der Waals surface area contributed by atoms with Crippen molar-refractivity contribution in [1.82, 2.24) is 9.97 Å². The summed E-state index contributed by atoms with van der Waals surface area (Å²) >= 11 is 0. The minimum absolute atomic E-state index is 0.0182. The molecule has 2 aromatic heterocycles. The minimum atomic E-state index is -0.0911. The topological polar surface area (TPSA) is 58.8 Å². The number of nitriles is 1. The molecule has 148 valence electrons. The number of benzene rings is 1. The fourth-order valence-electron chi connectivity index (χ4n) is 2.92. The predicted molar refractivity (Wildman–Crippen MR) is 116 cm³/mol. The van der Waals surface area contributed by atoms with Crippen molar-refractivity contribution in [1.29, 1.82) is 5.26 Å². The molecule has 4 nitrogen and oxygen atoms in total. The van der Waals surface area contributed by atoms with Gasteiger partial charge in [0.15, 0.2) is 0 Å². The molecule has 0 unspecified atom stereocenters. The van der Waals surface area contributed by atoms with Gasteiger partial charge in [-0.25, -0.2) is 4.98 Å². The first-order valence-corrected chi connectivity index (χ1v) is 9.74. The third kappa shape index (κ3) is 4.81. The summed E-state index contributed by atoms with van der Waals surface area (Å²) in [5.41, 5.74) is 4.26. The zero-order chi connectivity index (χ0) is 21.2. The van der Waals surface area contributed by atoms with E-state index < -0.39 is 0 Å². The Morgan fingerprint density at radius 2 is 1.48 bits per heavy atom. The van der Waals surface area contributed by atoms with Gasteiger partial charge in [-0.15, -0.1) is 0 Å². The number of para-hydroxylation sites is 1. The number of ether oxygens (including phenoxy) is 1. The van der Waals surface area contributed by atoms with E-state index >= 15 is 0 Å². The maximum atomic E-state index is 9.36. The van der Waals surface area contributed by atoms with E-state index in [0.717, 1.165) is 17.0 Å². The monoisotopic (exact) mass is 385 g/mol. The lowest BCUT2D eigenvalue weighted by atomic mass is 9.86. The minimum Gasteiger partial charge on any atom is -0.438 e. The van der Waals surface area contributed by atoms with Crippen LogP contribution in [0.2, 0.25) is 0 Å². The van der Waals surface area contributed by atoms with Crippen molar-refractivity contribution >= 4 is 0 Å². The van der Waals surface area contributed by atoms with E-state index in [4.69, 9.17) is 9.72 Å². The van der Waals surface area contributed by atoms with Gasteiger partial charge in [-0.3, -0.25) is 4.98 Å². The Morgan fingerprint density at radius 3 is 2.14 bits per heavy atom. The molecule has 0 atom stereocenters. The van der Waals surface area contributed by atoms with Crippen LogP contribution in [0.3, 0.4) is 0 Å². The van der Waals surface area contributed by atoms with Gasteiger partial charge in [0.2, 0.25) is 5.88 Å². The van der Waals surface area contributed by atoms with Crippen molar-refractivity contribution in [3.05, 3.63) is 71.4 Å². The molecule has 2 heterocycles. The average Bonchev–Trinajstić information content (AvgIpc) is 2.67. The van der Waals surface area contributed by atoms with E-state index in [-0.39, 0.29) is 10.8 Å². The van der Waals surface area contributed by atoms with Crippen LogP contribution in [0.4, 0.5) is 0 Å². The summed E-state index contributed by atoms with van der Waals surface area (Å²) in [5, 5.41) is 9.36. The molecule has 0 aliphatic carbocycles. The quantitative estimate of drug-likeness (QED) is 0.523. The first kappa shape index (κ1) is 20.5. The molecule has 0 fully saturated rings.